The van der Waals surface area contributed by atoms with E-state index in [9.17, 15) is 14.4 Å². The van der Waals surface area contributed by atoms with Gasteiger partial charge in [0.25, 0.3) is 5.79 Å². The van der Waals surface area contributed by atoms with Gasteiger partial charge in [-0.3, -0.25) is 14.4 Å². The lowest BCUT2D eigenvalue weighted by Crippen LogP contribution is -2.55. The maximum absolute atomic E-state index is 11.0. The first-order chi connectivity index (χ1) is 7.50. The van der Waals surface area contributed by atoms with Gasteiger partial charge in [0.2, 0.25) is 0 Å². The average molecular weight is 246 g/mol. The fourth-order valence-corrected chi connectivity index (χ4v) is 1.27. The predicted octanol–water partition coefficient (Wildman–Crippen LogP) is 1.17. The van der Waals surface area contributed by atoms with E-state index in [0.717, 1.165) is 0 Å². The topological polar surface area (TPSA) is 78.9 Å². The first-order valence-electron chi connectivity index (χ1n) is 5.09. The summed E-state index contributed by atoms with van der Waals surface area (Å²) in [7, 11) is 0. The molecule has 0 saturated carbocycles. The molecule has 0 aliphatic carbocycles. The average Bonchev–Trinajstić information content (AvgIpc) is 1.96. The van der Waals surface area contributed by atoms with Crippen molar-refractivity contribution in [1.29, 1.82) is 0 Å². The van der Waals surface area contributed by atoms with Crippen molar-refractivity contribution in [3.05, 3.63) is 0 Å². The standard InChI is InChI=1S/C11H18O6/c1-7(12)15-10(4,5)11(6,16-8(2)13)17-9(3)14/h1-6H3. The van der Waals surface area contributed by atoms with Crippen LogP contribution in [0.25, 0.3) is 0 Å². The van der Waals surface area contributed by atoms with E-state index >= 15 is 0 Å². The second-order valence-electron chi connectivity index (χ2n) is 4.24. The third-order valence-corrected chi connectivity index (χ3v) is 2.17. The summed E-state index contributed by atoms with van der Waals surface area (Å²) in [6.45, 7) is 7.89. The maximum Gasteiger partial charge on any atom is 0.306 e. The van der Waals surface area contributed by atoms with Gasteiger partial charge < -0.3 is 14.2 Å². The molecule has 6 nitrogen and oxygen atoms in total. The van der Waals surface area contributed by atoms with Gasteiger partial charge in [0.15, 0.2) is 5.60 Å². The molecule has 0 heterocycles. The summed E-state index contributed by atoms with van der Waals surface area (Å²) in [5.74, 6) is -3.53. The van der Waals surface area contributed by atoms with Gasteiger partial charge in [-0.2, -0.15) is 0 Å². The van der Waals surface area contributed by atoms with E-state index in [2.05, 4.69) is 0 Å². The van der Waals surface area contributed by atoms with Crippen molar-refractivity contribution in [3.8, 4) is 0 Å². The van der Waals surface area contributed by atoms with Crippen LogP contribution in [0.5, 0.6) is 0 Å². The van der Waals surface area contributed by atoms with Gasteiger partial charge in [-0.25, -0.2) is 0 Å². The van der Waals surface area contributed by atoms with E-state index in [1.165, 1.54) is 41.5 Å². The Labute approximate surface area is 100 Å². The number of hydrogen-bond donors (Lipinski definition) is 0. The Hall–Kier alpha value is -1.59. The van der Waals surface area contributed by atoms with Gasteiger partial charge in [-0.1, -0.05) is 0 Å². The lowest BCUT2D eigenvalue weighted by Gasteiger charge is -2.40. The van der Waals surface area contributed by atoms with Crippen LogP contribution in [0, 0.1) is 0 Å². The van der Waals surface area contributed by atoms with Gasteiger partial charge in [-0.05, 0) is 13.8 Å². The molecule has 0 aromatic rings. The molecule has 17 heavy (non-hydrogen) atoms. The van der Waals surface area contributed by atoms with Crippen LogP contribution in [0.3, 0.4) is 0 Å². The van der Waals surface area contributed by atoms with Gasteiger partial charge >= 0.3 is 17.9 Å². The quantitative estimate of drug-likeness (QED) is 0.547. The van der Waals surface area contributed by atoms with Crippen molar-refractivity contribution >= 4 is 17.9 Å². The Kier molecular flexibility index (Phi) is 4.68. The molecule has 0 aliphatic heterocycles. The van der Waals surface area contributed by atoms with Crippen molar-refractivity contribution in [2.45, 2.75) is 52.9 Å². The minimum absolute atomic E-state index is 0.569. The molecular formula is C11H18O6. The summed E-state index contributed by atoms with van der Waals surface area (Å²) in [6.07, 6.45) is 0. The van der Waals surface area contributed by atoms with Crippen molar-refractivity contribution < 1.29 is 28.6 Å². The lowest BCUT2D eigenvalue weighted by atomic mass is 9.98. The highest BCUT2D eigenvalue weighted by Gasteiger charge is 2.50. The Balaban J connectivity index is 5.20. The largest absolute Gasteiger partial charge is 0.452 e. The highest BCUT2D eigenvalue weighted by Crippen LogP contribution is 2.31. The fourth-order valence-electron chi connectivity index (χ4n) is 1.27. The molecule has 0 aliphatic rings. The minimum atomic E-state index is -1.67. The molecule has 98 valence electrons. The van der Waals surface area contributed by atoms with Crippen LogP contribution in [-0.4, -0.2) is 29.3 Å². The van der Waals surface area contributed by atoms with Gasteiger partial charge in [0.05, 0.1) is 0 Å². The van der Waals surface area contributed by atoms with Gasteiger partial charge in [0.1, 0.15) is 0 Å². The zero-order chi connectivity index (χ0) is 13.9. The molecular weight excluding hydrogens is 228 g/mol. The van der Waals surface area contributed by atoms with E-state index in [4.69, 9.17) is 14.2 Å². The predicted molar refractivity (Wildman–Crippen MR) is 57.8 cm³/mol. The lowest BCUT2D eigenvalue weighted by molar-refractivity contribution is -0.280. The Morgan fingerprint density at radius 2 is 1.00 bits per heavy atom. The van der Waals surface area contributed by atoms with Crippen LogP contribution in [0.15, 0.2) is 0 Å². The molecule has 0 unspecified atom stereocenters. The van der Waals surface area contributed by atoms with Crippen LogP contribution in [0.1, 0.15) is 41.5 Å². The second-order valence-corrected chi connectivity index (χ2v) is 4.24. The van der Waals surface area contributed by atoms with Crippen molar-refractivity contribution in [2.24, 2.45) is 0 Å². The summed E-state index contributed by atoms with van der Waals surface area (Å²) in [6, 6.07) is 0. The van der Waals surface area contributed by atoms with E-state index in [0.29, 0.717) is 0 Å². The first-order valence-corrected chi connectivity index (χ1v) is 5.09. The van der Waals surface area contributed by atoms with E-state index in [1.807, 2.05) is 0 Å². The third kappa shape index (κ3) is 4.42. The van der Waals surface area contributed by atoms with Crippen LogP contribution >= 0.6 is 0 Å². The van der Waals surface area contributed by atoms with Crippen molar-refractivity contribution in [2.75, 3.05) is 0 Å². The summed E-state index contributed by atoms with van der Waals surface area (Å²) in [5, 5.41) is 0. The molecule has 0 rings (SSSR count). The summed E-state index contributed by atoms with van der Waals surface area (Å²) in [5.41, 5.74) is -1.30. The summed E-state index contributed by atoms with van der Waals surface area (Å²) >= 11 is 0. The van der Waals surface area contributed by atoms with Crippen molar-refractivity contribution in [3.63, 3.8) is 0 Å². The first kappa shape index (κ1) is 15.4. The van der Waals surface area contributed by atoms with Crippen LogP contribution in [0.2, 0.25) is 0 Å². The molecule has 0 bridgehead atoms. The Morgan fingerprint density at radius 3 is 1.24 bits per heavy atom. The molecule has 0 amide bonds. The molecule has 0 atom stereocenters. The number of esters is 3. The molecule has 0 radical (unpaired) electrons. The van der Waals surface area contributed by atoms with Crippen LogP contribution in [-0.2, 0) is 28.6 Å². The van der Waals surface area contributed by atoms with E-state index < -0.39 is 29.3 Å². The van der Waals surface area contributed by atoms with E-state index in [-0.39, 0.29) is 0 Å². The molecule has 0 saturated heterocycles. The zero-order valence-electron chi connectivity index (χ0n) is 10.9. The minimum Gasteiger partial charge on any atom is -0.452 e. The summed E-state index contributed by atoms with van der Waals surface area (Å²) < 4.78 is 14.9. The third-order valence-electron chi connectivity index (χ3n) is 2.17. The van der Waals surface area contributed by atoms with Crippen molar-refractivity contribution in [1.82, 2.24) is 0 Å². The van der Waals surface area contributed by atoms with Crippen LogP contribution < -0.4 is 0 Å². The van der Waals surface area contributed by atoms with Gasteiger partial charge in [-0.15, -0.1) is 0 Å². The highest BCUT2D eigenvalue weighted by atomic mass is 16.8. The maximum atomic E-state index is 11.0. The number of rotatable bonds is 4. The normalized spacial score (nSPS) is 11.6. The van der Waals surface area contributed by atoms with Gasteiger partial charge in [0, 0.05) is 27.7 Å². The highest BCUT2D eigenvalue weighted by molar-refractivity contribution is 5.70. The molecule has 6 heteroatoms. The number of ether oxygens (including phenoxy) is 3. The number of carbonyl (C=O) groups excluding carboxylic acids is 3. The number of carbonyl (C=O) groups is 3. The molecule has 0 aromatic heterocycles. The SMILES string of the molecule is CC(=O)OC(C)(C)C(C)(OC(C)=O)OC(C)=O. The second kappa shape index (κ2) is 5.16. The summed E-state index contributed by atoms with van der Waals surface area (Å²) in [4.78, 5) is 33.0. The Morgan fingerprint density at radius 1 is 0.706 bits per heavy atom. The molecule has 0 aromatic carbocycles. The monoisotopic (exact) mass is 246 g/mol. The Bertz CT molecular complexity index is 315. The van der Waals surface area contributed by atoms with Crippen LogP contribution in [0.4, 0.5) is 0 Å². The molecule has 0 N–H and O–H groups in total. The fraction of sp³-hybridized carbons (Fsp3) is 0.727. The zero-order valence-corrected chi connectivity index (χ0v) is 10.9. The van der Waals surface area contributed by atoms with E-state index in [1.54, 1.807) is 0 Å². The molecule has 0 fully saturated rings. The smallest absolute Gasteiger partial charge is 0.306 e. The number of hydrogen-bond acceptors (Lipinski definition) is 6. The molecule has 0 spiro atoms.